The van der Waals surface area contributed by atoms with Crippen molar-refractivity contribution in [3.63, 3.8) is 0 Å². The van der Waals surface area contributed by atoms with Crippen molar-refractivity contribution < 1.29 is 4.74 Å². The molecular weight excluding hydrogens is 358 g/mol. The van der Waals surface area contributed by atoms with Crippen LogP contribution in [0.25, 0.3) is 0 Å². The highest BCUT2D eigenvalue weighted by Gasteiger charge is 2.25. The minimum Gasteiger partial charge on any atom is -0.495 e. The number of hydrogen-bond acceptors (Lipinski definition) is 2. The van der Waals surface area contributed by atoms with E-state index in [2.05, 4.69) is 35.1 Å². The summed E-state index contributed by atoms with van der Waals surface area (Å²) >= 11 is 0. The molecule has 4 rings (SSSR count). The zero-order valence-corrected chi connectivity index (χ0v) is 18.0. The first-order valence-electron chi connectivity index (χ1n) is 11.4. The average molecular weight is 394 g/mol. The topological polar surface area (TPSA) is 53.2 Å². The summed E-state index contributed by atoms with van der Waals surface area (Å²) in [6, 6.07) is 6.62. The number of aromatic nitrogens is 2. The van der Waals surface area contributed by atoms with Crippen LogP contribution in [0.5, 0.6) is 0 Å². The van der Waals surface area contributed by atoms with Crippen LogP contribution in [0.1, 0.15) is 92.9 Å². The predicted octanol–water partition coefficient (Wildman–Crippen LogP) is 6.39. The van der Waals surface area contributed by atoms with Crippen LogP contribution in [0.15, 0.2) is 41.2 Å². The van der Waals surface area contributed by atoms with Crippen LogP contribution < -0.4 is 0 Å². The van der Waals surface area contributed by atoms with E-state index < -0.39 is 0 Å². The second kappa shape index (κ2) is 9.51. The van der Waals surface area contributed by atoms with Crippen molar-refractivity contribution >= 4 is 5.71 Å². The molecule has 2 bridgehead atoms. The number of aliphatic imine (C=N–C) groups is 1. The summed E-state index contributed by atoms with van der Waals surface area (Å²) in [6.07, 6.45) is 16.6. The van der Waals surface area contributed by atoms with Crippen molar-refractivity contribution in [3.05, 3.63) is 58.9 Å². The Morgan fingerprint density at radius 3 is 2.90 bits per heavy atom. The summed E-state index contributed by atoms with van der Waals surface area (Å²) < 4.78 is 5.70. The SMILES string of the molecule is CCCCC1CCCCCCc2cc1c(CC1=NC(c3ccc[nH]3)C=C1OC)[nH]2. The number of hydrogen-bond donors (Lipinski definition) is 2. The first kappa shape index (κ1) is 20.1. The van der Waals surface area contributed by atoms with Gasteiger partial charge >= 0.3 is 0 Å². The molecule has 0 aromatic carbocycles. The second-order valence-corrected chi connectivity index (χ2v) is 8.58. The minimum absolute atomic E-state index is 0.0332. The molecule has 0 spiro atoms. The number of nitrogens with one attached hydrogen (secondary N) is 2. The van der Waals surface area contributed by atoms with Gasteiger partial charge < -0.3 is 14.7 Å². The molecule has 0 saturated carbocycles. The Bertz CT molecular complexity index is 844. The van der Waals surface area contributed by atoms with Crippen LogP contribution in [-0.4, -0.2) is 22.8 Å². The summed E-state index contributed by atoms with van der Waals surface area (Å²) in [7, 11) is 1.76. The number of unbranched alkanes of at least 4 members (excludes halogenated alkanes) is 1. The summed E-state index contributed by atoms with van der Waals surface area (Å²) in [5, 5.41) is 0. The van der Waals surface area contributed by atoms with Crippen molar-refractivity contribution in [1.82, 2.24) is 9.97 Å². The molecule has 2 aromatic rings. The van der Waals surface area contributed by atoms with Crippen molar-refractivity contribution in [2.24, 2.45) is 4.99 Å². The summed E-state index contributed by atoms with van der Waals surface area (Å²) in [4.78, 5) is 12.1. The maximum atomic E-state index is 5.70. The number of aryl methyl sites for hydroxylation is 1. The molecule has 3 heterocycles. The highest BCUT2D eigenvalue weighted by Crippen LogP contribution is 2.35. The number of H-pyrrole nitrogens is 2. The lowest BCUT2D eigenvalue weighted by atomic mass is 9.86. The van der Waals surface area contributed by atoms with E-state index in [1.807, 2.05) is 12.3 Å². The third-order valence-corrected chi connectivity index (χ3v) is 6.48. The Labute approximate surface area is 174 Å². The van der Waals surface area contributed by atoms with E-state index in [1.54, 1.807) is 7.11 Å². The Morgan fingerprint density at radius 1 is 1.21 bits per heavy atom. The smallest absolute Gasteiger partial charge is 0.138 e. The molecule has 0 radical (unpaired) electrons. The fourth-order valence-corrected chi connectivity index (χ4v) is 4.87. The maximum Gasteiger partial charge on any atom is 0.138 e. The van der Waals surface area contributed by atoms with Crippen LogP contribution >= 0.6 is 0 Å². The lowest BCUT2D eigenvalue weighted by Gasteiger charge is -2.18. The van der Waals surface area contributed by atoms with Crippen molar-refractivity contribution in [2.45, 2.75) is 83.1 Å². The monoisotopic (exact) mass is 393 g/mol. The van der Waals surface area contributed by atoms with Crippen LogP contribution in [0.3, 0.4) is 0 Å². The van der Waals surface area contributed by atoms with Gasteiger partial charge in [-0.3, -0.25) is 4.99 Å². The minimum atomic E-state index is 0.0332. The van der Waals surface area contributed by atoms with Gasteiger partial charge in [0.15, 0.2) is 0 Å². The van der Waals surface area contributed by atoms with Gasteiger partial charge in [-0.25, -0.2) is 0 Å². The zero-order valence-electron chi connectivity index (χ0n) is 18.0. The fraction of sp³-hybridized carbons (Fsp3) is 0.560. The van der Waals surface area contributed by atoms with Crippen LogP contribution in [0, 0.1) is 0 Å². The van der Waals surface area contributed by atoms with Crippen molar-refractivity contribution in [3.8, 4) is 0 Å². The molecule has 0 saturated heterocycles. The highest BCUT2D eigenvalue weighted by atomic mass is 16.5. The van der Waals surface area contributed by atoms with Gasteiger partial charge in [0.2, 0.25) is 0 Å². The number of aromatic amines is 2. The second-order valence-electron chi connectivity index (χ2n) is 8.58. The molecule has 2 aromatic heterocycles. The molecule has 2 aliphatic rings. The quantitative estimate of drug-likeness (QED) is 0.562. The third-order valence-electron chi connectivity index (χ3n) is 6.48. The van der Waals surface area contributed by atoms with E-state index in [0.29, 0.717) is 5.92 Å². The molecule has 2 N–H and O–H groups in total. The number of rotatable bonds is 7. The van der Waals surface area contributed by atoms with Gasteiger partial charge in [0.05, 0.1) is 12.8 Å². The van der Waals surface area contributed by atoms with Gasteiger partial charge in [-0.2, -0.15) is 0 Å². The number of fused-ring (bicyclic) bond motifs is 2. The van der Waals surface area contributed by atoms with Gasteiger partial charge in [0.25, 0.3) is 0 Å². The summed E-state index contributed by atoms with van der Waals surface area (Å²) in [6.45, 7) is 2.30. The maximum absolute atomic E-state index is 5.70. The highest BCUT2D eigenvalue weighted by molar-refractivity contribution is 6.01. The molecular formula is C25H35N3O. The Balaban J connectivity index is 1.61. The fourth-order valence-electron chi connectivity index (χ4n) is 4.87. The van der Waals surface area contributed by atoms with Crippen LogP contribution in [0.4, 0.5) is 0 Å². The average Bonchev–Trinajstić information content (AvgIpc) is 3.47. The molecule has 2 unspecified atom stereocenters. The van der Waals surface area contributed by atoms with Gasteiger partial charge in [-0.15, -0.1) is 0 Å². The zero-order chi connectivity index (χ0) is 20.1. The Morgan fingerprint density at radius 2 is 2.10 bits per heavy atom. The number of ether oxygens (including phenoxy) is 1. The molecule has 0 amide bonds. The van der Waals surface area contributed by atoms with Crippen molar-refractivity contribution in [1.29, 1.82) is 0 Å². The van der Waals surface area contributed by atoms with Crippen LogP contribution in [-0.2, 0) is 17.6 Å². The Kier molecular flexibility index (Phi) is 6.58. The van der Waals surface area contributed by atoms with Crippen molar-refractivity contribution in [2.75, 3.05) is 7.11 Å². The molecule has 4 heteroatoms. The number of nitrogens with zero attached hydrogens (tertiary/aromatic N) is 1. The van der Waals surface area contributed by atoms with Crippen LogP contribution in [0.2, 0.25) is 0 Å². The van der Waals surface area contributed by atoms with E-state index in [1.165, 1.54) is 68.3 Å². The standard InChI is InChI=1S/C25H35N3O/c1-3-4-10-18-11-7-5-6-8-12-19-15-20(18)22(27-19)16-24-25(29-2)17-23(28-24)21-13-9-14-26-21/h9,13-15,17-18,23,26-27H,3-8,10-12,16H2,1-2H3. The van der Waals surface area contributed by atoms with Gasteiger partial charge in [-0.1, -0.05) is 39.0 Å². The lowest BCUT2D eigenvalue weighted by Crippen LogP contribution is -2.10. The Hall–Kier alpha value is -2.23. The van der Waals surface area contributed by atoms with E-state index in [0.717, 1.165) is 30.0 Å². The first-order valence-corrected chi connectivity index (χ1v) is 11.4. The third kappa shape index (κ3) is 4.68. The predicted molar refractivity (Wildman–Crippen MR) is 120 cm³/mol. The molecule has 1 aliphatic heterocycles. The molecule has 156 valence electrons. The molecule has 4 nitrogen and oxygen atoms in total. The molecule has 29 heavy (non-hydrogen) atoms. The molecule has 0 fully saturated rings. The van der Waals surface area contributed by atoms with E-state index in [9.17, 15) is 0 Å². The largest absolute Gasteiger partial charge is 0.495 e. The molecule has 1 aliphatic carbocycles. The van der Waals surface area contributed by atoms with E-state index in [-0.39, 0.29) is 6.04 Å². The summed E-state index contributed by atoms with van der Waals surface area (Å²) in [5.41, 5.74) is 6.48. The van der Waals surface area contributed by atoms with Gasteiger partial charge in [-0.05, 0) is 61.4 Å². The molecule has 2 atom stereocenters. The lowest BCUT2D eigenvalue weighted by molar-refractivity contribution is 0.314. The van der Waals surface area contributed by atoms with Gasteiger partial charge in [0.1, 0.15) is 11.8 Å². The van der Waals surface area contributed by atoms with Gasteiger partial charge in [0, 0.05) is 29.7 Å². The summed E-state index contributed by atoms with van der Waals surface area (Å²) in [5.74, 6) is 1.59. The number of allylic oxidation sites excluding steroid dienone is 1. The number of methoxy groups -OCH3 is 1. The normalized spacial score (nSPS) is 22.3. The van der Waals surface area contributed by atoms with E-state index in [4.69, 9.17) is 9.73 Å². The first-order chi connectivity index (χ1) is 14.3. The van der Waals surface area contributed by atoms with E-state index >= 15 is 0 Å².